The lowest BCUT2D eigenvalue weighted by Crippen LogP contribution is -2.16. The lowest BCUT2D eigenvalue weighted by molar-refractivity contribution is 0.184. The molecule has 0 bridgehead atoms. The van der Waals surface area contributed by atoms with Gasteiger partial charge in [0.2, 0.25) is 0 Å². The maximum absolute atomic E-state index is 9.86. The fraction of sp³-hybridized carbons (Fsp3) is 1.00. The summed E-state index contributed by atoms with van der Waals surface area (Å²) < 4.78 is 0.278. The second-order valence-electron chi connectivity index (χ2n) is 6.34. The van der Waals surface area contributed by atoms with Crippen LogP contribution in [0, 0.1) is 0 Å². The van der Waals surface area contributed by atoms with Crippen LogP contribution in [0.5, 0.6) is 0 Å². The second-order valence-corrected chi connectivity index (χ2v) is 8.19. The Labute approximate surface area is 119 Å². The zero-order valence-corrected chi connectivity index (χ0v) is 13.8. The number of thioether (sulfide) groups is 1. The van der Waals surface area contributed by atoms with Crippen molar-refractivity contribution >= 4 is 11.8 Å². The van der Waals surface area contributed by atoms with E-state index in [9.17, 15) is 5.11 Å². The Morgan fingerprint density at radius 3 is 1.89 bits per heavy atom. The average Bonchev–Trinajstić information content (AvgIpc) is 2.29. The van der Waals surface area contributed by atoms with Gasteiger partial charge in [0, 0.05) is 10.5 Å². The number of unbranched alkanes of at least 4 members (excludes halogenated alkanes) is 7. The largest absolute Gasteiger partial charge is 0.392 e. The number of aliphatic hydroxyl groups is 1. The molecule has 0 amide bonds. The molecule has 2 heteroatoms. The molecule has 0 aliphatic carbocycles. The van der Waals surface area contributed by atoms with E-state index in [0.717, 1.165) is 12.2 Å². The van der Waals surface area contributed by atoms with Crippen LogP contribution in [0.25, 0.3) is 0 Å². The predicted octanol–water partition coefficient (Wildman–Crippen LogP) is 5.41. The lowest BCUT2D eigenvalue weighted by atomic mass is 10.1. The van der Waals surface area contributed by atoms with Gasteiger partial charge in [-0.1, -0.05) is 79.1 Å². The van der Waals surface area contributed by atoms with E-state index in [1.807, 2.05) is 11.8 Å². The van der Waals surface area contributed by atoms with Crippen molar-refractivity contribution in [1.29, 1.82) is 0 Å². The van der Waals surface area contributed by atoms with Crippen molar-refractivity contribution in [2.24, 2.45) is 0 Å². The number of rotatable bonds is 11. The van der Waals surface area contributed by atoms with E-state index in [4.69, 9.17) is 0 Å². The maximum Gasteiger partial charge on any atom is 0.0630 e. The summed E-state index contributed by atoms with van der Waals surface area (Å²) in [6.45, 7) is 8.89. The van der Waals surface area contributed by atoms with Crippen LogP contribution in [0.3, 0.4) is 0 Å². The van der Waals surface area contributed by atoms with Gasteiger partial charge in [-0.2, -0.15) is 11.8 Å². The summed E-state index contributed by atoms with van der Waals surface area (Å²) in [6.07, 6.45) is 11.6. The van der Waals surface area contributed by atoms with Gasteiger partial charge in [-0.05, 0) is 6.42 Å². The van der Waals surface area contributed by atoms with E-state index >= 15 is 0 Å². The monoisotopic (exact) mass is 274 g/mol. The first kappa shape index (κ1) is 18.3. The molecule has 1 nitrogen and oxygen atoms in total. The summed E-state index contributed by atoms with van der Waals surface area (Å²) in [7, 11) is 0. The highest BCUT2D eigenvalue weighted by molar-refractivity contribution is 8.00. The van der Waals surface area contributed by atoms with Crippen LogP contribution >= 0.6 is 11.8 Å². The molecular weight excluding hydrogens is 240 g/mol. The van der Waals surface area contributed by atoms with Crippen LogP contribution in [-0.4, -0.2) is 21.7 Å². The third-order valence-electron chi connectivity index (χ3n) is 3.10. The molecule has 0 aromatic rings. The summed E-state index contributed by atoms with van der Waals surface area (Å²) in [6, 6.07) is 0. The third-order valence-corrected chi connectivity index (χ3v) is 4.52. The molecule has 0 saturated carbocycles. The maximum atomic E-state index is 9.86. The predicted molar refractivity (Wildman–Crippen MR) is 85.4 cm³/mol. The molecule has 0 heterocycles. The first-order chi connectivity index (χ1) is 8.45. The number of hydrogen-bond donors (Lipinski definition) is 1. The molecule has 1 N–H and O–H groups in total. The Morgan fingerprint density at radius 2 is 1.39 bits per heavy atom. The van der Waals surface area contributed by atoms with Crippen molar-refractivity contribution in [3.05, 3.63) is 0 Å². The van der Waals surface area contributed by atoms with E-state index in [1.165, 1.54) is 51.4 Å². The van der Waals surface area contributed by atoms with Gasteiger partial charge in [0.25, 0.3) is 0 Å². The molecule has 0 aromatic carbocycles. The van der Waals surface area contributed by atoms with Gasteiger partial charge in [-0.25, -0.2) is 0 Å². The van der Waals surface area contributed by atoms with Crippen molar-refractivity contribution in [3.8, 4) is 0 Å². The van der Waals surface area contributed by atoms with Gasteiger partial charge in [0.1, 0.15) is 0 Å². The van der Waals surface area contributed by atoms with Crippen molar-refractivity contribution in [2.45, 2.75) is 96.3 Å². The number of hydrogen-bond acceptors (Lipinski definition) is 2. The Bertz CT molecular complexity index is 174. The molecule has 1 atom stereocenters. The molecule has 0 radical (unpaired) electrons. The van der Waals surface area contributed by atoms with Gasteiger partial charge < -0.3 is 5.11 Å². The van der Waals surface area contributed by atoms with Crippen LogP contribution in [0.15, 0.2) is 0 Å². The first-order valence-corrected chi connectivity index (χ1v) is 8.76. The minimum absolute atomic E-state index is 0.102. The van der Waals surface area contributed by atoms with Gasteiger partial charge >= 0.3 is 0 Å². The number of aliphatic hydroxyl groups excluding tert-OH is 1. The van der Waals surface area contributed by atoms with E-state index in [2.05, 4.69) is 27.7 Å². The van der Waals surface area contributed by atoms with E-state index < -0.39 is 0 Å². The Morgan fingerprint density at radius 1 is 0.889 bits per heavy atom. The highest BCUT2D eigenvalue weighted by atomic mass is 32.2. The summed E-state index contributed by atoms with van der Waals surface area (Å²) in [5, 5.41) is 9.86. The van der Waals surface area contributed by atoms with Crippen LogP contribution in [0.1, 0.15) is 85.5 Å². The van der Waals surface area contributed by atoms with Gasteiger partial charge in [-0.15, -0.1) is 0 Å². The zero-order valence-electron chi connectivity index (χ0n) is 13.0. The Hall–Kier alpha value is 0.310. The minimum atomic E-state index is -0.102. The van der Waals surface area contributed by atoms with Gasteiger partial charge in [0.15, 0.2) is 0 Å². The second kappa shape index (κ2) is 11.2. The molecule has 0 fully saturated rings. The van der Waals surface area contributed by atoms with Crippen LogP contribution < -0.4 is 0 Å². The molecule has 0 aromatic heterocycles. The Balaban J connectivity index is 3.23. The average molecular weight is 275 g/mol. The SMILES string of the molecule is CCCCCCCCCCC(O)CSC(C)(C)C. The highest BCUT2D eigenvalue weighted by Crippen LogP contribution is 2.24. The molecule has 18 heavy (non-hydrogen) atoms. The molecule has 0 spiro atoms. The van der Waals surface area contributed by atoms with E-state index in [-0.39, 0.29) is 10.9 Å². The van der Waals surface area contributed by atoms with Gasteiger partial charge in [0.05, 0.1) is 6.10 Å². The minimum Gasteiger partial charge on any atom is -0.392 e. The summed E-state index contributed by atoms with van der Waals surface area (Å²) in [5.74, 6) is 0.889. The molecule has 110 valence electrons. The summed E-state index contributed by atoms with van der Waals surface area (Å²) >= 11 is 1.87. The first-order valence-electron chi connectivity index (χ1n) is 7.77. The smallest absolute Gasteiger partial charge is 0.0630 e. The van der Waals surface area contributed by atoms with Crippen LogP contribution in [0.4, 0.5) is 0 Å². The topological polar surface area (TPSA) is 20.2 Å². The Kier molecular flexibility index (Phi) is 11.4. The van der Waals surface area contributed by atoms with Gasteiger partial charge in [-0.3, -0.25) is 0 Å². The lowest BCUT2D eigenvalue weighted by Gasteiger charge is -2.20. The van der Waals surface area contributed by atoms with Crippen LogP contribution in [-0.2, 0) is 0 Å². The standard InChI is InChI=1S/C16H34OS/c1-5-6-7-8-9-10-11-12-13-15(17)14-18-16(2,3)4/h15,17H,5-14H2,1-4H3. The van der Waals surface area contributed by atoms with E-state index in [1.54, 1.807) is 0 Å². The highest BCUT2D eigenvalue weighted by Gasteiger charge is 2.13. The summed E-state index contributed by atoms with van der Waals surface area (Å²) in [5.41, 5.74) is 0. The van der Waals surface area contributed by atoms with Crippen molar-refractivity contribution in [3.63, 3.8) is 0 Å². The third kappa shape index (κ3) is 14.4. The van der Waals surface area contributed by atoms with Crippen LogP contribution in [0.2, 0.25) is 0 Å². The molecular formula is C16H34OS. The van der Waals surface area contributed by atoms with Crippen molar-refractivity contribution in [2.75, 3.05) is 5.75 Å². The molecule has 1 unspecified atom stereocenters. The molecule has 0 aliphatic heterocycles. The summed E-state index contributed by atoms with van der Waals surface area (Å²) in [4.78, 5) is 0. The van der Waals surface area contributed by atoms with E-state index in [0.29, 0.717) is 0 Å². The normalized spacial score (nSPS) is 13.8. The fourth-order valence-electron chi connectivity index (χ4n) is 1.94. The van der Waals surface area contributed by atoms with Crippen molar-refractivity contribution < 1.29 is 5.11 Å². The molecule has 0 aliphatic rings. The fourth-order valence-corrected chi connectivity index (χ4v) is 2.80. The van der Waals surface area contributed by atoms with Crippen molar-refractivity contribution in [1.82, 2.24) is 0 Å². The molecule has 0 saturated heterocycles. The quantitative estimate of drug-likeness (QED) is 0.508. The molecule has 0 rings (SSSR count). The zero-order chi connectivity index (χ0) is 13.9.